The van der Waals surface area contributed by atoms with E-state index in [1.54, 1.807) is 18.2 Å². The molecule has 0 spiro atoms. The Bertz CT molecular complexity index is 663. The van der Waals surface area contributed by atoms with Crippen LogP contribution in [0.3, 0.4) is 0 Å². The van der Waals surface area contributed by atoms with Gasteiger partial charge in [-0.3, -0.25) is 4.79 Å². The maximum Gasteiger partial charge on any atom is 0.417 e. The number of hydrogen-bond acceptors (Lipinski definition) is 1. The minimum absolute atomic E-state index is 0.0458. The first kappa shape index (κ1) is 15.1. The highest BCUT2D eigenvalue weighted by atomic mass is 19.4. The molecular weight excluding hydrogens is 281 g/mol. The van der Waals surface area contributed by atoms with Crippen molar-refractivity contribution in [2.45, 2.75) is 19.0 Å². The number of carbonyl (C=O) groups is 1. The highest BCUT2D eigenvalue weighted by molar-refractivity contribution is 5.77. The molecule has 2 aromatic carbocycles. The zero-order valence-corrected chi connectivity index (χ0v) is 11.2. The standard InChI is InChI=1S/C16H13F3O2/c1-10(15(20)21)11-5-4-6-12(9-11)13-7-2-3-8-14(13)16(17,18)19/h2-10H,1H3,(H,20,21). The molecular formula is C16H13F3O2. The van der Waals surface area contributed by atoms with Crippen molar-refractivity contribution in [3.05, 3.63) is 59.7 Å². The molecule has 110 valence electrons. The molecule has 0 bridgehead atoms. The van der Waals surface area contributed by atoms with E-state index < -0.39 is 23.6 Å². The van der Waals surface area contributed by atoms with E-state index in [-0.39, 0.29) is 5.56 Å². The third-order valence-corrected chi connectivity index (χ3v) is 3.30. The molecule has 1 unspecified atom stereocenters. The van der Waals surface area contributed by atoms with E-state index in [0.717, 1.165) is 6.07 Å². The molecule has 0 aliphatic carbocycles. The zero-order valence-electron chi connectivity index (χ0n) is 11.2. The molecule has 1 N–H and O–H groups in total. The Balaban J connectivity index is 2.54. The van der Waals surface area contributed by atoms with Gasteiger partial charge in [0.05, 0.1) is 11.5 Å². The van der Waals surface area contributed by atoms with Crippen molar-refractivity contribution in [1.82, 2.24) is 0 Å². The predicted octanol–water partition coefficient (Wildman–Crippen LogP) is 4.56. The Morgan fingerprint density at radius 3 is 2.38 bits per heavy atom. The maximum absolute atomic E-state index is 13.0. The van der Waals surface area contributed by atoms with Gasteiger partial charge in [-0.1, -0.05) is 42.5 Å². The third-order valence-electron chi connectivity index (χ3n) is 3.30. The molecule has 21 heavy (non-hydrogen) atoms. The summed E-state index contributed by atoms with van der Waals surface area (Å²) in [6.07, 6.45) is -4.45. The van der Waals surface area contributed by atoms with Crippen molar-refractivity contribution >= 4 is 5.97 Å². The van der Waals surface area contributed by atoms with Gasteiger partial charge in [0, 0.05) is 0 Å². The van der Waals surface area contributed by atoms with Crippen LogP contribution < -0.4 is 0 Å². The molecule has 2 rings (SSSR count). The summed E-state index contributed by atoms with van der Waals surface area (Å²) in [5.74, 6) is -1.79. The molecule has 5 heteroatoms. The van der Waals surface area contributed by atoms with Crippen LogP contribution in [0.15, 0.2) is 48.5 Å². The molecule has 0 saturated heterocycles. The van der Waals surface area contributed by atoms with Gasteiger partial charge in [-0.05, 0) is 29.7 Å². The van der Waals surface area contributed by atoms with Gasteiger partial charge in [-0.15, -0.1) is 0 Å². The number of benzene rings is 2. The number of aliphatic carboxylic acids is 1. The Kier molecular flexibility index (Phi) is 4.02. The van der Waals surface area contributed by atoms with Crippen LogP contribution in [0.5, 0.6) is 0 Å². The highest BCUT2D eigenvalue weighted by Crippen LogP contribution is 2.37. The van der Waals surface area contributed by atoms with Crippen LogP contribution >= 0.6 is 0 Å². The van der Waals surface area contributed by atoms with Gasteiger partial charge < -0.3 is 5.11 Å². The van der Waals surface area contributed by atoms with Crippen molar-refractivity contribution < 1.29 is 23.1 Å². The first-order chi connectivity index (χ1) is 9.80. The Morgan fingerprint density at radius 1 is 1.10 bits per heavy atom. The van der Waals surface area contributed by atoms with Crippen LogP contribution in [0.1, 0.15) is 24.0 Å². The molecule has 0 heterocycles. The quantitative estimate of drug-likeness (QED) is 0.901. The molecule has 0 aromatic heterocycles. The molecule has 0 radical (unpaired) electrons. The first-order valence-electron chi connectivity index (χ1n) is 6.30. The van der Waals surface area contributed by atoms with E-state index in [1.807, 2.05) is 0 Å². The Labute approximate surface area is 119 Å². The monoisotopic (exact) mass is 294 g/mol. The minimum Gasteiger partial charge on any atom is -0.481 e. The van der Waals surface area contributed by atoms with E-state index >= 15 is 0 Å². The summed E-state index contributed by atoms with van der Waals surface area (Å²) < 4.78 is 39.1. The smallest absolute Gasteiger partial charge is 0.417 e. The normalized spacial score (nSPS) is 13.0. The second-order valence-electron chi connectivity index (χ2n) is 4.73. The second kappa shape index (κ2) is 5.60. The van der Waals surface area contributed by atoms with E-state index in [1.165, 1.54) is 31.2 Å². The van der Waals surface area contributed by atoms with Gasteiger partial charge in [-0.2, -0.15) is 13.2 Å². The van der Waals surface area contributed by atoms with Crippen LogP contribution in [0, 0.1) is 0 Å². The number of alkyl halides is 3. The van der Waals surface area contributed by atoms with Gasteiger partial charge in [0.1, 0.15) is 0 Å². The van der Waals surface area contributed by atoms with Gasteiger partial charge in [0.2, 0.25) is 0 Å². The highest BCUT2D eigenvalue weighted by Gasteiger charge is 2.33. The molecule has 2 aromatic rings. The summed E-state index contributed by atoms with van der Waals surface area (Å²) in [5.41, 5.74) is 0.139. The Hall–Kier alpha value is -2.30. The average Bonchev–Trinajstić information content (AvgIpc) is 2.45. The van der Waals surface area contributed by atoms with E-state index in [9.17, 15) is 18.0 Å². The van der Waals surface area contributed by atoms with Crippen LogP contribution in [0.2, 0.25) is 0 Å². The zero-order chi connectivity index (χ0) is 15.6. The minimum atomic E-state index is -4.45. The number of hydrogen-bond donors (Lipinski definition) is 1. The summed E-state index contributed by atoms with van der Waals surface area (Å²) in [7, 11) is 0. The van der Waals surface area contributed by atoms with Crippen LogP contribution in [-0.4, -0.2) is 11.1 Å². The molecule has 0 aliphatic heterocycles. The summed E-state index contributed by atoms with van der Waals surface area (Å²) in [6.45, 7) is 1.50. The van der Waals surface area contributed by atoms with E-state index in [0.29, 0.717) is 11.1 Å². The van der Waals surface area contributed by atoms with Gasteiger partial charge in [0.25, 0.3) is 0 Å². The maximum atomic E-state index is 13.0. The van der Waals surface area contributed by atoms with Crippen molar-refractivity contribution in [3.63, 3.8) is 0 Å². The van der Waals surface area contributed by atoms with Gasteiger partial charge >= 0.3 is 12.1 Å². The fourth-order valence-electron chi connectivity index (χ4n) is 2.10. The van der Waals surface area contributed by atoms with Gasteiger partial charge in [0.15, 0.2) is 0 Å². The fraction of sp³-hybridized carbons (Fsp3) is 0.188. The third kappa shape index (κ3) is 3.24. The number of carboxylic acids is 1. The average molecular weight is 294 g/mol. The lowest BCUT2D eigenvalue weighted by Crippen LogP contribution is -2.08. The van der Waals surface area contributed by atoms with Crippen molar-refractivity contribution in [1.29, 1.82) is 0 Å². The predicted molar refractivity (Wildman–Crippen MR) is 72.9 cm³/mol. The molecule has 0 fully saturated rings. The SMILES string of the molecule is CC(C(=O)O)c1cccc(-c2ccccc2C(F)(F)F)c1. The first-order valence-corrected chi connectivity index (χ1v) is 6.30. The summed E-state index contributed by atoms with van der Waals surface area (Å²) >= 11 is 0. The van der Waals surface area contributed by atoms with Crippen LogP contribution in [-0.2, 0) is 11.0 Å². The Morgan fingerprint density at radius 2 is 1.76 bits per heavy atom. The number of carboxylic acid groups (broad SMARTS) is 1. The topological polar surface area (TPSA) is 37.3 Å². The van der Waals surface area contributed by atoms with Gasteiger partial charge in [-0.25, -0.2) is 0 Å². The largest absolute Gasteiger partial charge is 0.481 e. The van der Waals surface area contributed by atoms with Crippen LogP contribution in [0.25, 0.3) is 11.1 Å². The lowest BCUT2D eigenvalue weighted by molar-refractivity contribution is -0.138. The molecule has 0 aliphatic rings. The van der Waals surface area contributed by atoms with Crippen molar-refractivity contribution in [2.75, 3.05) is 0 Å². The molecule has 1 atom stereocenters. The summed E-state index contributed by atoms with van der Waals surface area (Å²) in [4.78, 5) is 11.0. The molecule has 0 saturated carbocycles. The fourth-order valence-corrected chi connectivity index (χ4v) is 2.10. The molecule has 2 nitrogen and oxygen atoms in total. The summed E-state index contributed by atoms with van der Waals surface area (Å²) in [6, 6.07) is 11.5. The lowest BCUT2D eigenvalue weighted by atomic mass is 9.94. The van der Waals surface area contributed by atoms with E-state index in [4.69, 9.17) is 5.11 Å². The number of halogens is 3. The molecule has 0 amide bonds. The second-order valence-corrected chi connectivity index (χ2v) is 4.73. The van der Waals surface area contributed by atoms with Crippen LogP contribution in [0.4, 0.5) is 13.2 Å². The number of rotatable bonds is 3. The lowest BCUT2D eigenvalue weighted by Gasteiger charge is -2.14. The summed E-state index contributed by atoms with van der Waals surface area (Å²) in [5, 5.41) is 9.00. The van der Waals surface area contributed by atoms with Crippen molar-refractivity contribution in [3.8, 4) is 11.1 Å². The van der Waals surface area contributed by atoms with E-state index in [2.05, 4.69) is 0 Å². The van der Waals surface area contributed by atoms with Crippen molar-refractivity contribution in [2.24, 2.45) is 0 Å².